The second-order valence-corrected chi connectivity index (χ2v) is 1.77. The minimum Gasteiger partial charge on any atom is -0.299 e. The van der Waals surface area contributed by atoms with Gasteiger partial charge in [-0.25, -0.2) is 4.79 Å². The van der Waals surface area contributed by atoms with Gasteiger partial charge in [0.05, 0.1) is 7.11 Å². The van der Waals surface area contributed by atoms with E-state index in [-0.39, 0.29) is 0 Å². The fourth-order valence-corrected chi connectivity index (χ4v) is 0.430. The summed E-state index contributed by atoms with van der Waals surface area (Å²) in [5.41, 5.74) is 0. The van der Waals surface area contributed by atoms with Gasteiger partial charge in [-0.1, -0.05) is 6.07 Å². The van der Waals surface area contributed by atoms with Gasteiger partial charge in [0.15, 0.2) is 0 Å². The lowest BCUT2D eigenvalue weighted by Crippen LogP contribution is -1.94. The van der Waals surface area contributed by atoms with Crippen molar-refractivity contribution in [1.29, 1.82) is 0 Å². The van der Waals surface area contributed by atoms with Crippen molar-refractivity contribution in [2.75, 3.05) is 7.11 Å². The molecule has 4 heteroatoms. The molecule has 1 rings (SSSR count). The zero-order valence-corrected chi connectivity index (χ0v) is 7.06. The molecule has 0 radical (unpaired) electrons. The molecule has 0 fully saturated rings. The Balaban J connectivity index is 0.000000202. The Kier molecular flexibility index (Phi) is 6.78. The SMILES string of the molecule is COOC(C)=O.c1ccncc1. The summed E-state index contributed by atoms with van der Waals surface area (Å²) in [7, 11) is 1.28. The highest BCUT2D eigenvalue weighted by Gasteiger charge is 1.83. The summed E-state index contributed by atoms with van der Waals surface area (Å²) in [6, 6.07) is 5.72. The van der Waals surface area contributed by atoms with Gasteiger partial charge in [0.25, 0.3) is 0 Å². The molecule has 66 valence electrons. The standard InChI is InChI=1S/C5H5N.C3H6O3/c1-2-4-6-5-3-1;1-3(4)6-5-2/h1-5H;1-2H3. The molecule has 0 atom stereocenters. The lowest BCUT2D eigenvalue weighted by molar-refractivity contribution is -0.252. The Labute approximate surface area is 71.1 Å². The van der Waals surface area contributed by atoms with Crippen LogP contribution in [-0.4, -0.2) is 18.1 Å². The number of hydrogen-bond acceptors (Lipinski definition) is 4. The number of nitrogens with zero attached hydrogens (tertiary/aromatic N) is 1. The molecule has 0 aliphatic rings. The number of pyridine rings is 1. The lowest BCUT2D eigenvalue weighted by atomic mass is 10.5. The normalized spacial score (nSPS) is 7.83. The molecular formula is C8H11NO3. The Bertz CT molecular complexity index is 174. The first-order valence-corrected chi connectivity index (χ1v) is 3.33. The van der Waals surface area contributed by atoms with Crippen molar-refractivity contribution < 1.29 is 14.6 Å². The average molecular weight is 169 g/mol. The zero-order chi connectivity index (χ0) is 9.23. The first-order chi connectivity index (χ1) is 5.77. The molecule has 12 heavy (non-hydrogen) atoms. The molecule has 0 bridgehead atoms. The third kappa shape index (κ3) is 8.58. The van der Waals surface area contributed by atoms with E-state index >= 15 is 0 Å². The Morgan fingerprint density at radius 1 is 1.25 bits per heavy atom. The van der Waals surface area contributed by atoms with Crippen LogP contribution >= 0.6 is 0 Å². The van der Waals surface area contributed by atoms with E-state index in [1.54, 1.807) is 12.4 Å². The number of carbonyl (C=O) groups is 1. The maximum atomic E-state index is 9.70. The fourth-order valence-electron chi connectivity index (χ4n) is 0.430. The summed E-state index contributed by atoms with van der Waals surface area (Å²) in [6.45, 7) is 1.27. The van der Waals surface area contributed by atoms with Gasteiger partial charge in [-0.2, -0.15) is 4.89 Å². The van der Waals surface area contributed by atoms with Crippen molar-refractivity contribution in [3.05, 3.63) is 30.6 Å². The first-order valence-electron chi connectivity index (χ1n) is 3.33. The van der Waals surface area contributed by atoms with Crippen molar-refractivity contribution in [2.45, 2.75) is 6.92 Å². The van der Waals surface area contributed by atoms with E-state index in [9.17, 15) is 4.79 Å². The van der Waals surface area contributed by atoms with Crippen LogP contribution in [0.3, 0.4) is 0 Å². The number of aromatic nitrogens is 1. The van der Waals surface area contributed by atoms with Gasteiger partial charge in [0, 0.05) is 19.3 Å². The van der Waals surface area contributed by atoms with Gasteiger partial charge in [0.2, 0.25) is 0 Å². The van der Waals surface area contributed by atoms with Crippen LogP contribution in [0.5, 0.6) is 0 Å². The molecule has 0 aliphatic carbocycles. The van der Waals surface area contributed by atoms with E-state index in [1.807, 2.05) is 18.2 Å². The smallest absolute Gasteiger partial charge is 0.299 e. The molecule has 0 aromatic carbocycles. The van der Waals surface area contributed by atoms with Gasteiger partial charge in [-0.3, -0.25) is 9.87 Å². The summed E-state index contributed by atoms with van der Waals surface area (Å²) >= 11 is 0. The highest BCUT2D eigenvalue weighted by Crippen LogP contribution is 1.73. The molecule has 0 amide bonds. The minimum atomic E-state index is -0.433. The molecular weight excluding hydrogens is 158 g/mol. The lowest BCUT2D eigenvalue weighted by Gasteiger charge is -1.87. The first kappa shape index (κ1) is 10.6. The van der Waals surface area contributed by atoms with Crippen LogP contribution in [0.4, 0.5) is 0 Å². The van der Waals surface area contributed by atoms with E-state index in [1.165, 1.54) is 14.0 Å². The molecule has 0 unspecified atom stereocenters. The molecule has 1 heterocycles. The summed E-state index contributed by atoms with van der Waals surface area (Å²) in [4.78, 5) is 21.3. The predicted octanol–water partition coefficient (Wildman–Crippen LogP) is 1.19. The van der Waals surface area contributed by atoms with Gasteiger partial charge in [-0.15, -0.1) is 0 Å². The second-order valence-electron chi connectivity index (χ2n) is 1.77. The zero-order valence-electron chi connectivity index (χ0n) is 7.06. The summed E-state index contributed by atoms with van der Waals surface area (Å²) in [5, 5.41) is 0. The van der Waals surface area contributed by atoms with Crippen LogP contribution in [0, 0.1) is 0 Å². The highest BCUT2D eigenvalue weighted by atomic mass is 17.2. The summed E-state index contributed by atoms with van der Waals surface area (Å²) in [5.74, 6) is -0.433. The maximum absolute atomic E-state index is 9.70. The van der Waals surface area contributed by atoms with E-state index in [4.69, 9.17) is 0 Å². The van der Waals surface area contributed by atoms with E-state index in [2.05, 4.69) is 14.8 Å². The molecule has 0 N–H and O–H groups in total. The third-order valence-corrected chi connectivity index (χ3v) is 0.767. The Hall–Kier alpha value is -1.42. The number of rotatable bonds is 1. The van der Waals surface area contributed by atoms with Crippen molar-refractivity contribution in [1.82, 2.24) is 4.98 Å². The Morgan fingerprint density at radius 2 is 1.83 bits per heavy atom. The second kappa shape index (κ2) is 7.68. The molecule has 0 saturated heterocycles. The Morgan fingerprint density at radius 3 is 1.92 bits per heavy atom. The molecule has 4 nitrogen and oxygen atoms in total. The average Bonchev–Trinajstić information content (AvgIpc) is 2.08. The molecule has 1 aromatic heterocycles. The molecule has 0 aliphatic heterocycles. The fraction of sp³-hybridized carbons (Fsp3) is 0.250. The van der Waals surface area contributed by atoms with Gasteiger partial charge in [0.1, 0.15) is 0 Å². The largest absolute Gasteiger partial charge is 0.339 e. The van der Waals surface area contributed by atoms with Gasteiger partial charge < -0.3 is 0 Å². The van der Waals surface area contributed by atoms with Crippen molar-refractivity contribution in [3.8, 4) is 0 Å². The topological polar surface area (TPSA) is 48.4 Å². The maximum Gasteiger partial charge on any atom is 0.339 e. The van der Waals surface area contributed by atoms with E-state index < -0.39 is 5.97 Å². The van der Waals surface area contributed by atoms with Gasteiger partial charge in [-0.05, 0) is 12.1 Å². The van der Waals surface area contributed by atoms with Crippen LogP contribution in [0.15, 0.2) is 30.6 Å². The predicted molar refractivity (Wildman–Crippen MR) is 43.0 cm³/mol. The van der Waals surface area contributed by atoms with Crippen LogP contribution in [0.2, 0.25) is 0 Å². The minimum absolute atomic E-state index is 0.433. The molecule has 0 spiro atoms. The van der Waals surface area contributed by atoms with E-state index in [0.29, 0.717) is 0 Å². The molecule has 1 aromatic rings. The van der Waals surface area contributed by atoms with Crippen LogP contribution in [0.25, 0.3) is 0 Å². The van der Waals surface area contributed by atoms with E-state index in [0.717, 1.165) is 0 Å². The van der Waals surface area contributed by atoms with Crippen molar-refractivity contribution in [3.63, 3.8) is 0 Å². The van der Waals surface area contributed by atoms with Crippen LogP contribution in [0.1, 0.15) is 6.92 Å². The van der Waals surface area contributed by atoms with Crippen molar-refractivity contribution in [2.24, 2.45) is 0 Å². The molecule has 0 saturated carbocycles. The third-order valence-electron chi connectivity index (χ3n) is 0.767. The summed E-state index contributed by atoms with van der Waals surface area (Å²) < 4.78 is 0. The highest BCUT2D eigenvalue weighted by molar-refractivity contribution is 5.65. The summed E-state index contributed by atoms with van der Waals surface area (Å²) in [6.07, 6.45) is 3.50. The number of carbonyl (C=O) groups excluding carboxylic acids is 1. The number of hydrogen-bond donors (Lipinski definition) is 0. The van der Waals surface area contributed by atoms with Crippen molar-refractivity contribution >= 4 is 5.97 Å². The van der Waals surface area contributed by atoms with Crippen LogP contribution < -0.4 is 0 Å². The van der Waals surface area contributed by atoms with Gasteiger partial charge >= 0.3 is 5.97 Å². The quantitative estimate of drug-likeness (QED) is 0.468. The monoisotopic (exact) mass is 169 g/mol. The van der Waals surface area contributed by atoms with Crippen LogP contribution in [-0.2, 0) is 14.6 Å².